The predicted octanol–water partition coefficient (Wildman–Crippen LogP) is 1.34. The zero-order chi connectivity index (χ0) is 9.26. The molecule has 0 spiro atoms. The van der Waals surface area contributed by atoms with Gasteiger partial charge in [0.2, 0.25) is 0 Å². The van der Waals surface area contributed by atoms with E-state index in [0.29, 0.717) is 16.8 Å². The average molecular weight is 176 g/mol. The van der Waals surface area contributed by atoms with Crippen LogP contribution in [0, 0.1) is 0 Å². The number of aromatic hydroxyl groups is 1. The number of aromatic nitrogens is 2. The molecule has 1 N–H and O–H groups in total. The summed E-state index contributed by atoms with van der Waals surface area (Å²) in [4.78, 5) is 8.04. The van der Waals surface area contributed by atoms with Gasteiger partial charge in [0, 0.05) is 12.4 Å². The van der Waals surface area contributed by atoms with Crippen LogP contribution >= 0.6 is 0 Å². The van der Waals surface area contributed by atoms with Gasteiger partial charge in [0.1, 0.15) is 5.52 Å². The molecule has 0 unspecified atom stereocenters. The number of methoxy groups -OCH3 is 1. The summed E-state index contributed by atoms with van der Waals surface area (Å²) < 4.78 is 4.94. The van der Waals surface area contributed by atoms with Crippen LogP contribution in [0.4, 0.5) is 0 Å². The Hall–Kier alpha value is -1.84. The van der Waals surface area contributed by atoms with Gasteiger partial charge >= 0.3 is 0 Å². The topological polar surface area (TPSA) is 55.2 Å². The van der Waals surface area contributed by atoms with Crippen LogP contribution in [0.3, 0.4) is 0 Å². The van der Waals surface area contributed by atoms with E-state index in [-0.39, 0.29) is 5.75 Å². The van der Waals surface area contributed by atoms with Gasteiger partial charge < -0.3 is 9.84 Å². The maximum Gasteiger partial charge on any atom is 0.186 e. The fraction of sp³-hybridized carbons (Fsp3) is 0.111. The molecule has 0 amide bonds. The Morgan fingerprint density at radius 3 is 2.77 bits per heavy atom. The molecule has 66 valence electrons. The highest BCUT2D eigenvalue weighted by molar-refractivity contribution is 5.83. The van der Waals surface area contributed by atoms with Gasteiger partial charge in [0.15, 0.2) is 11.5 Å². The molecule has 4 heteroatoms. The minimum Gasteiger partial charge on any atom is -0.503 e. The van der Waals surface area contributed by atoms with Gasteiger partial charge in [-0.05, 0) is 12.1 Å². The Labute approximate surface area is 74.8 Å². The summed E-state index contributed by atoms with van der Waals surface area (Å²) in [7, 11) is 1.50. The van der Waals surface area contributed by atoms with E-state index in [1.165, 1.54) is 13.3 Å². The standard InChI is InChI=1S/C9H8N2O2/c1-13-7-3-2-6-8(9(7)12)11-5-4-10-6/h2-5,12H,1H3. The maximum absolute atomic E-state index is 9.62. The second-order valence-corrected chi connectivity index (χ2v) is 2.54. The minimum absolute atomic E-state index is 0.0353. The number of phenols is 1. The summed E-state index contributed by atoms with van der Waals surface area (Å²) in [6, 6.07) is 3.41. The van der Waals surface area contributed by atoms with Crippen molar-refractivity contribution in [3.63, 3.8) is 0 Å². The molecule has 0 aliphatic rings. The molecule has 1 aromatic carbocycles. The highest BCUT2D eigenvalue weighted by Crippen LogP contribution is 2.31. The number of nitrogens with zero attached hydrogens (tertiary/aromatic N) is 2. The first-order valence-electron chi connectivity index (χ1n) is 3.79. The van der Waals surface area contributed by atoms with Crippen LogP contribution in [0.2, 0.25) is 0 Å². The van der Waals surface area contributed by atoms with Crippen LogP contribution < -0.4 is 4.74 Å². The Balaban J connectivity index is 2.79. The first-order chi connectivity index (χ1) is 6.33. The zero-order valence-electron chi connectivity index (χ0n) is 7.06. The molecular weight excluding hydrogens is 168 g/mol. The van der Waals surface area contributed by atoms with E-state index in [0.717, 1.165) is 0 Å². The summed E-state index contributed by atoms with van der Waals surface area (Å²) in [5, 5.41) is 9.62. The normalized spacial score (nSPS) is 10.2. The summed E-state index contributed by atoms with van der Waals surface area (Å²) in [6.07, 6.45) is 3.11. The van der Waals surface area contributed by atoms with E-state index >= 15 is 0 Å². The molecule has 0 atom stereocenters. The molecule has 0 saturated carbocycles. The van der Waals surface area contributed by atoms with Crippen molar-refractivity contribution < 1.29 is 9.84 Å². The van der Waals surface area contributed by atoms with Crippen molar-refractivity contribution in [2.45, 2.75) is 0 Å². The lowest BCUT2D eigenvalue weighted by atomic mass is 10.2. The molecular formula is C9H8N2O2. The SMILES string of the molecule is COc1ccc2nccnc2c1O. The largest absolute Gasteiger partial charge is 0.503 e. The van der Waals surface area contributed by atoms with Gasteiger partial charge in [-0.15, -0.1) is 0 Å². The smallest absolute Gasteiger partial charge is 0.186 e. The Bertz CT molecular complexity index is 443. The van der Waals surface area contributed by atoms with Gasteiger partial charge in [0.05, 0.1) is 12.6 Å². The number of ether oxygens (including phenoxy) is 1. The number of hydrogen-bond donors (Lipinski definition) is 1. The second-order valence-electron chi connectivity index (χ2n) is 2.54. The third-order valence-corrected chi connectivity index (χ3v) is 1.80. The van der Waals surface area contributed by atoms with Crippen molar-refractivity contribution in [1.29, 1.82) is 0 Å². The van der Waals surface area contributed by atoms with E-state index in [9.17, 15) is 5.11 Å². The second kappa shape index (κ2) is 2.90. The average Bonchev–Trinajstić information content (AvgIpc) is 2.19. The van der Waals surface area contributed by atoms with E-state index in [2.05, 4.69) is 9.97 Å². The van der Waals surface area contributed by atoms with Crippen molar-refractivity contribution in [3.8, 4) is 11.5 Å². The van der Waals surface area contributed by atoms with E-state index < -0.39 is 0 Å². The summed E-state index contributed by atoms with van der Waals surface area (Å²) in [5.41, 5.74) is 1.11. The first-order valence-corrected chi connectivity index (χ1v) is 3.79. The third-order valence-electron chi connectivity index (χ3n) is 1.80. The van der Waals surface area contributed by atoms with Crippen LogP contribution in [0.1, 0.15) is 0 Å². The van der Waals surface area contributed by atoms with Crippen LogP contribution in [0.5, 0.6) is 11.5 Å². The molecule has 2 rings (SSSR count). The van der Waals surface area contributed by atoms with Gasteiger partial charge in [-0.3, -0.25) is 4.98 Å². The molecule has 0 aliphatic carbocycles. The Morgan fingerprint density at radius 1 is 1.23 bits per heavy atom. The van der Waals surface area contributed by atoms with Crippen LogP contribution in [0.15, 0.2) is 24.5 Å². The van der Waals surface area contributed by atoms with Crippen molar-refractivity contribution in [1.82, 2.24) is 9.97 Å². The predicted molar refractivity (Wildman–Crippen MR) is 47.8 cm³/mol. The number of fused-ring (bicyclic) bond motifs is 1. The molecule has 0 radical (unpaired) electrons. The minimum atomic E-state index is 0.0353. The van der Waals surface area contributed by atoms with Crippen LogP contribution in [0.25, 0.3) is 11.0 Å². The number of rotatable bonds is 1. The molecule has 0 saturated heterocycles. The first kappa shape index (κ1) is 7.79. The molecule has 0 aliphatic heterocycles. The lowest BCUT2D eigenvalue weighted by molar-refractivity contribution is 0.376. The highest BCUT2D eigenvalue weighted by atomic mass is 16.5. The molecule has 4 nitrogen and oxygen atoms in total. The third kappa shape index (κ3) is 1.16. The fourth-order valence-corrected chi connectivity index (χ4v) is 1.17. The molecule has 1 aromatic heterocycles. The monoisotopic (exact) mass is 176 g/mol. The van der Waals surface area contributed by atoms with E-state index in [4.69, 9.17) is 4.74 Å². The zero-order valence-corrected chi connectivity index (χ0v) is 7.06. The van der Waals surface area contributed by atoms with Crippen molar-refractivity contribution in [2.75, 3.05) is 7.11 Å². The number of phenolic OH excluding ortho intramolecular Hbond substituents is 1. The molecule has 2 aromatic rings. The molecule has 1 heterocycles. The van der Waals surface area contributed by atoms with Gasteiger partial charge in [0.25, 0.3) is 0 Å². The van der Waals surface area contributed by atoms with Crippen molar-refractivity contribution in [2.24, 2.45) is 0 Å². The number of hydrogen-bond acceptors (Lipinski definition) is 4. The van der Waals surface area contributed by atoms with Crippen LogP contribution in [-0.2, 0) is 0 Å². The summed E-state index contributed by atoms with van der Waals surface area (Å²) in [6.45, 7) is 0. The van der Waals surface area contributed by atoms with Crippen LogP contribution in [-0.4, -0.2) is 22.2 Å². The lowest BCUT2D eigenvalue weighted by Crippen LogP contribution is -1.87. The number of benzene rings is 1. The van der Waals surface area contributed by atoms with E-state index in [1.807, 2.05) is 0 Å². The van der Waals surface area contributed by atoms with Gasteiger partial charge in [-0.25, -0.2) is 4.98 Å². The van der Waals surface area contributed by atoms with E-state index in [1.54, 1.807) is 18.3 Å². The summed E-state index contributed by atoms with van der Waals surface area (Å²) in [5.74, 6) is 0.445. The molecule has 0 fully saturated rings. The Morgan fingerprint density at radius 2 is 2.00 bits per heavy atom. The van der Waals surface area contributed by atoms with Gasteiger partial charge in [-0.1, -0.05) is 0 Å². The quantitative estimate of drug-likeness (QED) is 0.712. The van der Waals surface area contributed by atoms with Gasteiger partial charge in [-0.2, -0.15) is 0 Å². The fourth-order valence-electron chi connectivity index (χ4n) is 1.17. The van der Waals surface area contributed by atoms with Crippen molar-refractivity contribution in [3.05, 3.63) is 24.5 Å². The highest BCUT2D eigenvalue weighted by Gasteiger charge is 2.07. The molecule has 13 heavy (non-hydrogen) atoms. The maximum atomic E-state index is 9.62. The Kier molecular flexibility index (Phi) is 1.73. The molecule has 0 bridgehead atoms. The van der Waals surface area contributed by atoms with Crippen molar-refractivity contribution >= 4 is 11.0 Å². The lowest BCUT2D eigenvalue weighted by Gasteiger charge is -2.04. The summed E-state index contributed by atoms with van der Waals surface area (Å²) >= 11 is 0.